The molecule has 3 aromatic rings. The van der Waals surface area contributed by atoms with E-state index in [4.69, 9.17) is 14.3 Å². The molecule has 0 atom stereocenters. The smallest absolute Gasteiger partial charge is 0.399 e. The van der Waals surface area contributed by atoms with Crippen molar-refractivity contribution in [2.45, 2.75) is 38.9 Å². The van der Waals surface area contributed by atoms with Crippen LogP contribution >= 0.6 is 0 Å². The highest BCUT2D eigenvalue weighted by atomic mass is 16.7. The summed E-state index contributed by atoms with van der Waals surface area (Å²) in [5.41, 5.74) is 3.10. The lowest BCUT2D eigenvalue weighted by atomic mass is 9.80. The second-order valence-electron chi connectivity index (χ2n) is 7.55. The molecule has 128 valence electrons. The molecule has 1 saturated heterocycles. The van der Waals surface area contributed by atoms with Crippen LogP contribution in [0.3, 0.4) is 0 Å². The van der Waals surface area contributed by atoms with Crippen LogP contribution in [0.5, 0.6) is 0 Å². The molecule has 0 bridgehead atoms. The topological polar surface area (TPSA) is 49.2 Å². The van der Waals surface area contributed by atoms with Gasteiger partial charge in [-0.05, 0) is 45.9 Å². The van der Waals surface area contributed by atoms with Gasteiger partial charge in [-0.25, -0.2) is 4.98 Å². The van der Waals surface area contributed by atoms with Crippen molar-refractivity contribution in [3.05, 3.63) is 42.6 Å². The highest BCUT2D eigenvalue weighted by molar-refractivity contribution is 6.62. The molecule has 0 amide bonds. The summed E-state index contributed by atoms with van der Waals surface area (Å²) in [7, 11) is 1.61. The molecule has 0 saturated carbocycles. The van der Waals surface area contributed by atoms with E-state index in [1.165, 1.54) is 0 Å². The quantitative estimate of drug-likeness (QED) is 0.676. The third kappa shape index (κ3) is 2.57. The third-order valence-electron chi connectivity index (χ3n) is 5.33. The van der Waals surface area contributed by atoms with Gasteiger partial charge in [0, 0.05) is 18.7 Å². The van der Waals surface area contributed by atoms with E-state index in [9.17, 15) is 0 Å². The zero-order chi connectivity index (χ0) is 17.8. The predicted octanol–water partition coefficient (Wildman–Crippen LogP) is 2.93. The van der Waals surface area contributed by atoms with Gasteiger partial charge in [0.2, 0.25) is 0 Å². The van der Waals surface area contributed by atoms with Crippen LogP contribution in [-0.2, 0) is 16.4 Å². The molecule has 2 aromatic heterocycles. The zero-order valence-corrected chi connectivity index (χ0v) is 15.3. The van der Waals surface area contributed by atoms with E-state index in [2.05, 4.69) is 15.6 Å². The molecule has 0 N–H and O–H groups in total. The van der Waals surface area contributed by atoms with E-state index in [-0.39, 0.29) is 11.2 Å². The largest absolute Gasteiger partial charge is 0.496 e. The number of benzene rings is 1. The Morgan fingerprint density at radius 2 is 1.64 bits per heavy atom. The molecule has 25 heavy (non-hydrogen) atoms. The lowest BCUT2D eigenvalue weighted by Crippen LogP contribution is -2.41. The molecule has 3 heterocycles. The lowest BCUT2D eigenvalue weighted by molar-refractivity contribution is 0.00578. The molecule has 4 rings (SSSR count). The van der Waals surface area contributed by atoms with Gasteiger partial charge in [0.15, 0.2) is 5.82 Å². The van der Waals surface area contributed by atoms with E-state index < -0.39 is 7.12 Å². The molecule has 1 fully saturated rings. The molecule has 6 heteroatoms. The average molecular weight is 335 g/mol. The first-order valence-electron chi connectivity index (χ1n) is 8.52. The Morgan fingerprint density at radius 1 is 0.960 bits per heavy atom. The summed E-state index contributed by atoms with van der Waals surface area (Å²) < 4.78 is 14.2. The Hall–Kier alpha value is -2.18. The number of aryl methyl sites for hydroxylation is 1. The van der Waals surface area contributed by atoms with E-state index >= 15 is 0 Å². The summed E-state index contributed by atoms with van der Waals surface area (Å²) in [6, 6.07) is 12.1. The first-order chi connectivity index (χ1) is 11.8. The summed E-state index contributed by atoms with van der Waals surface area (Å²) in [6.07, 6.45) is 1.82. The second-order valence-corrected chi connectivity index (χ2v) is 7.55. The van der Waals surface area contributed by atoms with Gasteiger partial charge in [-0.1, -0.05) is 18.2 Å². The van der Waals surface area contributed by atoms with Crippen LogP contribution in [-0.4, -0.2) is 32.9 Å². The van der Waals surface area contributed by atoms with Crippen LogP contribution in [0.15, 0.2) is 42.6 Å². The number of pyridine rings is 1. The summed E-state index contributed by atoms with van der Waals surface area (Å²) in [4.78, 5) is 9.30. The van der Waals surface area contributed by atoms with Gasteiger partial charge in [0.1, 0.15) is 5.69 Å². The van der Waals surface area contributed by atoms with Gasteiger partial charge in [-0.15, -0.1) is 0 Å². The van der Waals surface area contributed by atoms with Gasteiger partial charge >= 0.3 is 7.12 Å². The first-order valence-corrected chi connectivity index (χ1v) is 8.52. The van der Waals surface area contributed by atoms with E-state index in [0.717, 1.165) is 28.0 Å². The maximum atomic E-state index is 6.08. The van der Waals surface area contributed by atoms with E-state index in [1.807, 2.05) is 71.3 Å². The van der Waals surface area contributed by atoms with Gasteiger partial charge < -0.3 is 13.9 Å². The van der Waals surface area contributed by atoms with Crippen LogP contribution in [0, 0.1) is 0 Å². The fourth-order valence-corrected chi connectivity index (χ4v) is 3.03. The van der Waals surface area contributed by atoms with Gasteiger partial charge in [0.05, 0.1) is 22.2 Å². The summed E-state index contributed by atoms with van der Waals surface area (Å²) in [6.45, 7) is 8.20. The Kier molecular flexibility index (Phi) is 3.53. The predicted molar refractivity (Wildman–Crippen MR) is 99.7 cm³/mol. The van der Waals surface area contributed by atoms with Crippen molar-refractivity contribution < 1.29 is 9.31 Å². The standard InChI is InChI=1S/C19H22BN3O2/c1-18(2)19(3,4)25-20(24-18)13-10-11-15(21-12-13)17-22-14-8-6-7-9-16(14)23(17)5/h6-12H,1-5H3. The number of para-hydroxylation sites is 2. The van der Waals surface area contributed by atoms with Crippen molar-refractivity contribution >= 4 is 23.6 Å². The van der Waals surface area contributed by atoms with Crippen molar-refractivity contribution in [1.82, 2.24) is 14.5 Å². The number of fused-ring (bicyclic) bond motifs is 1. The monoisotopic (exact) mass is 335 g/mol. The van der Waals surface area contributed by atoms with Gasteiger partial charge in [-0.3, -0.25) is 4.98 Å². The lowest BCUT2D eigenvalue weighted by Gasteiger charge is -2.32. The maximum Gasteiger partial charge on any atom is 0.496 e. The van der Waals surface area contributed by atoms with Crippen molar-refractivity contribution in [2.75, 3.05) is 0 Å². The molecular formula is C19H22BN3O2. The summed E-state index contributed by atoms with van der Waals surface area (Å²) >= 11 is 0. The molecule has 0 spiro atoms. The summed E-state index contributed by atoms with van der Waals surface area (Å²) in [5.74, 6) is 0.849. The minimum Gasteiger partial charge on any atom is -0.399 e. The van der Waals surface area contributed by atoms with Crippen LogP contribution in [0.4, 0.5) is 0 Å². The van der Waals surface area contributed by atoms with Crippen LogP contribution in [0.25, 0.3) is 22.6 Å². The number of aromatic nitrogens is 3. The Bertz CT molecular complexity index is 915. The maximum absolute atomic E-state index is 6.08. The number of imidazole rings is 1. The van der Waals surface area contributed by atoms with Crippen LogP contribution < -0.4 is 5.46 Å². The van der Waals surface area contributed by atoms with Crippen molar-refractivity contribution in [3.63, 3.8) is 0 Å². The van der Waals surface area contributed by atoms with E-state index in [1.54, 1.807) is 0 Å². The van der Waals surface area contributed by atoms with Gasteiger partial charge in [0.25, 0.3) is 0 Å². The average Bonchev–Trinajstić information content (AvgIpc) is 3.02. The molecule has 5 nitrogen and oxygen atoms in total. The summed E-state index contributed by atoms with van der Waals surface area (Å²) in [5, 5.41) is 0. The van der Waals surface area contributed by atoms with Gasteiger partial charge in [-0.2, -0.15) is 0 Å². The number of hydrogen-bond acceptors (Lipinski definition) is 4. The molecular weight excluding hydrogens is 313 g/mol. The Morgan fingerprint density at radius 3 is 2.24 bits per heavy atom. The molecule has 1 aliphatic rings. The number of hydrogen-bond donors (Lipinski definition) is 0. The fourth-order valence-electron chi connectivity index (χ4n) is 3.03. The minimum atomic E-state index is -0.396. The second kappa shape index (κ2) is 5.41. The highest BCUT2D eigenvalue weighted by Gasteiger charge is 2.51. The van der Waals surface area contributed by atoms with Crippen molar-refractivity contribution in [2.24, 2.45) is 7.05 Å². The van der Waals surface area contributed by atoms with Crippen molar-refractivity contribution in [1.29, 1.82) is 0 Å². The fraction of sp³-hybridized carbons (Fsp3) is 0.368. The van der Waals surface area contributed by atoms with Crippen LogP contribution in [0.1, 0.15) is 27.7 Å². The van der Waals surface area contributed by atoms with Crippen LogP contribution in [0.2, 0.25) is 0 Å². The molecule has 0 radical (unpaired) electrons. The Balaban J connectivity index is 1.65. The normalized spacial score (nSPS) is 18.8. The number of nitrogens with zero attached hydrogens (tertiary/aromatic N) is 3. The molecule has 1 aliphatic heterocycles. The number of rotatable bonds is 2. The zero-order valence-electron chi connectivity index (χ0n) is 15.3. The first kappa shape index (κ1) is 16.3. The Labute approximate surface area is 148 Å². The minimum absolute atomic E-state index is 0.353. The molecule has 1 aromatic carbocycles. The van der Waals surface area contributed by atoms with E-state index in [0.29, 0.717) is 0 Å². The van der Waals surface area contributed by atoms with Crippen molar-refractivity contribution in [3.8, 4) is 11.5 Å². The molecule has 0 unspecified atom stereocenters. The SMILES string of the molecule is Cn1c(-c2ccc(B3OC(C)(C)C(C)(C)O3)cn2)nc2ccccc21. The highest BCUT2D eigenvalue weighted by Crippen LogP contribution is 2.36. The molecule has 0 aliphatic carbocycles. The third-order valence-corrected chi connectivity index (χ3v) is 5.33.